The molecular formula is C23H23N3O4. The first-order valence-corrected chi connectivity index (χ1v) is 9.85. The van der Waals surface area contributed by atoms with E-state index in [9.17, 15) is 4.79 Å². The Bertz CT molecular complexity index is 967. The van der Waals surface area contributed by atoms with Crippen molar-refractivity contribution in [2.45, 2.75) is 18.9 Å². The Labute approximate surface area is 175 Å². The smallest absolute Gasteiger partial charge is 0.321 e. The van der Waals surface area contributed by atoms with Crippen LogP contribution in [0.15, 0.2) is 60.9 Å². The van der Waals surface area contributed by atoms with Crippen molar-refractivity contribution >= 4 is 5.91 Å². The highest BCUT2D eigenvalue weighted by molar-refractivity contribution is 5.94. The first kappa shape index (κ1) is 19.8. The average molecular weight is 405 g/mol. The van der Waals surface area contributed by atoms with Gasteiger partial charge < -0.3 is 19.5 Å². The highest BCUT2D eigenvalue weighted by Gasteiger charge is 2.16. The third-order valence-corrected chi connectivity index (χ3v) is 4.89. The summed E-state index contributed by atoms with van der Waals surface area (Å²) in [5.74, 6) is 1.28. The van der Waals surface area contributed by atoms with Gasteiger partial charge in [0.15, 0.2) is 0 Å². The molecule has 1 atom stereocenters. The molecule has 0 saturated carbocycles. The summed E-state index contributed by atoms with van der Waals surface area (Å²) in [6.07, 6.45) is 5.57. The maximum Gasteiger partial charge on any atom is 0.321 e. The van der Waals surface area contributed by atoms with E-state index in [0.29, 0.717) is 17.9 Å². The number of hydrogen-bond acceptors (Lipinski definition) is 6. The van der Waals surface area contributed by atoms with Crippen LogP contribution < -0.4 is 14.8 Å². The lowest BCUT2D eigenvalue weighted by atomic mass is 10.1. The minimum atomic E-state index is -0.100. The fraction of sp³-hybridized carbons (Fsp3) is 0.261. The van der Waals surface area contributed by atoms with E-state index < -0.39 is 0 Å². The molecule has 1 N–H and O–H groups in total. The van der Waals surface area contributed by atoms with Crippen LogP contribution in [0.25, 0.3) is 11.1 Å². The Balaban J connectivity index is 1.35. The van der Waals surface area contributed by atoms with Crippen LogP contribution >= 0.6 is 0 Å². The number of aromatic nitrogens is 2. The Hall–Kier alpha value is -3.45. The van der Waals surface area contributed by atoms with Gasteiger partial charge >= 0.3 is 6.01 Å². The monoisotopic (exact) mass is 405 g/mol. The van der Waals surface area contributed by atoms with Crippen molar-refractivity contribution in [3.05, 3.63) is 66.5 Å². The zero-order valence-electron chi connectivity index (χ0n) is 16.7. The van der Waals surface area contributed by atoms with Crippen molar-refractivity contribution < 1.29 is 19.0 Å². The molecule has 2 aromatic carbocycles. The van der Waals surface area contributed by atoms with E-state index in [1.165, 1.54) is 0 Å². The van der Waals surface area contributed by atoms with E-state index in [2.05, 4.69) is 15.3 Å². The molecule has 7 heteroatoms. The van der Waals surface area contributed by atoms with Crippen LogP contribution in [0.4, 0.5) is 0 Å². The molecule has 1 saturated heterocycles. The summed E-state index contributed by atoms with van der Waals surface area (Å²) in [6.45, 7) is 1.32. The van der Waals surface area contributed by atoms with E-state index in [1.807, 2.05) is 24.3 Å². The largest absolute Gasteiger partial charge is 0.497 e. The van der Waals surface area contributed by atoms with E-state index in [1.54, 1.807) is 43.8 Å². The number of rotatable bonds is 7. The van der Waals surface area contributed by atoms with Gasteiger partial charge in [-0.25, -0.2) is 9.97 Å². The predicted octanol–water partition coefficient (Wildman–Crippen LogP) is 3.85. The van der Waals surface area contributed by atoms with E-state index in [4.69, 9.17) is 14.2 Å². The minimum absolute atomic E-state index is 0.100. The number of hydrogen-bond donors (Lipinski definition) is 1. The van der Waals surface area contributed by atoms with Gasteiger partial charge in [0.05, 0.1) is 13.2 Å². The molecule has 4 rings (SSSR count). The molecule has 0 spiro atoms. The lowest BCUT2D eigenvalue weighted by Crippen LogP contribution is -2.31. The number of nitrogens with zero attached hydrogens (tertiary/aromatic N) is 2. The van der Waals surface area contributed by atoms with Crippen molar-refractivity contribution in [2.75, 3.05) is 20.3 Å². The summed E-state index contributed by atoms with van der Waals surface area (Å²) in [5.41, 5.74) is 2.36. The Kier molecular flexibility index (Phi) is 6.20. The van der Waals surface area contributed by atoms with Gasteiger partial charge in [-0.05, 0) is 54.8 Å². The van der Waals surface area contributed by atoms with Crippen LogP contribution in [-0.2, 0) is 4.74 Å². The highest BCUT2D eigenvalue weighted by atomic mass is 16.5. The fourth-order valence-electron chi connectivity index (χ4n) is 3.20. The molecule has 1 aliphatic heterocycles. The predicted molar refractivity (Wildman–Crippen MR) is 112 cm³/mol. The number of carbonyl (C=O) groups is 1. The summed E-state index contributed by atoms with van der Waals surface area (Å²) >= 11 is 0. The average Bonchev–Trinajstić information content (AvgIpc) is 3.32. The van der Waals surface area contributed by atoms with Crippen LogP contribution in [0.1, 0.15) is 23.2 Å². The van der Waals surface area contributed by atoms with Crippen LogP contribution in [0.2, 0.25) is 0 Å². The lowest BCUT2D eigenvalue weighted by molar-refractivity contribution is 0.0858. The van der Waals surface area contributed by atoms with Crippen LogP contribution in [0.3, 0.4) is 0 Å². The number of amides is 1. The van der Waals surface area contributed by atoms with Crippen LogP contribution in [0.5, 0.6) is 17.5 Å². The van der Waals surface area contributed by atoms with E-state index in [-0.39, 0.29) is 18.0 Å². The van der Waals surface area contributed by atoms with Gasteiger partial charge in [-0.2, -0.15) is 0 Å². The second-order valence-electron chi connectivity index (χ2n) is 6.95. The lowest BCUT2D eigenvalue weighted by Gasteiger charge is -2.11. The van der Waals surface area contributed by atoms with Gasteiger partial charge in [0, 0.05) is 36.7 Å². The molecule has 7 nitrogen and oxygen atoms in total. The third-order valence-electron chi connectivity index (χ3n) is 4.89. The van der Waals surface area contributed by atoms with Crippen LogP contribution in [0, 0.1) is 0 Å². The second-order valence-corrected chi connectivity index (χ2v) is 6.95. The van der Waals surface area contributed by atoms with Crippen molar-refractivity contribution in [3.8, 4) is 28.6 Å². The zero-order chi connectivity index (χ0) is 20.8. The topological polar surface area (TPSA) is 82.6 Å². The molecule has 0 aliphatic carbocycles. The Morgan fingerprint density at radius 2 is 1.73 bits per heavy atom. The van der Waals surface area contributed by atoms with E-state index >= 15 is 0 Å². The third kappa shape index (κ3) is 4.93. The number of benzene rings is 2. The summed E-state index contributed by atoms with van der Waals surface area (Å²) in [4.78, 5) is 20.8. The number of methoxy groups -OCH3 is 1. The molecule has 0 radical (unpaired) electrons. The molecule has 154 valence electrons. The minimum Gasteiger partial charge on any atom is -0.497 e. The number of ether oxygens (including phenoxy) is 3. The van der Waals surface area contributed by atoms with Gasteiger partial charge in [-0.3, -0.25) is 4.79 Å². The molecular weight excluding hydrogens is 382 g/mol. The van der Waals surface area contributed by atoms with Gasteiger partial charge in [0.1, 0.15) is 11.5 Å². The second kappa shape index (κ2) is 9.37. The normalized spacial score (nSPS) is 15.6. The highest BCUT2D eigenvalue weighted by Crippen LogP contribution is 2.23. The van der Waals surface area contributed by atoms with Crippen molar-refractivity contribution in [2.24, 2.45) is 0 Å². The first-order valence-electron chi connectivity index (χ1n) is 9.85. The molecule has 1 aromatic heterocycles. The van der Waals surface area contributed by atoms with E-state index in [0.717, 1.165) is 36.3 Å². The van der Waals surface area contributed by atoms with Crippen LogP contribution in [-0.4, -0.2) is 42.2 Å². The standard InChI is InChI=1S/C23H23N3O4/c1-28-19-8-10-20(11-9-19)30-23-25-13-18(14-26-23)16-4-6-17(7-5-16)22(27)24-15-21-3-2-12-29-21/h4-11,13-14,21H,2-3,12,15H2,1H3,(H,24,27). The molecule has 1 aliphatic rings. The summed E-state index contributed by atoms with van der Waals surface area (Å²) in [7, 11) is 1.61. The number of nitrogens with one attached hydrogen (secondary N) is 1. The molecule has 0 bridgehead atoms. The summed E-state index contributed by atoms with van der Waals surface area (Å²) in [5, 5.41) is 2.92. The maximum atomic E-state index is 12.3. The van der Waals surface area contributed by atoms with Gasteiger partial charge in [0.25, 0.3) is 5.91 Å². The zero-order valence-corrected chi connectivity index (χ0v) is 16.7. The number of carbonyl (C=O) groups excluding carboxylic acids is 1. The fourth-order valence-corrected chi connectivity index (χ4v) is 3.20. The van der Waals surface area contributed by atoms with Gasteiger partial charge in [-0.15, -0.1) is 0 Å². The SMILES string of the molecule is COc1ccc(Oc2ncc(-c3ccc(C(=O)NCC4CCCO4)cc3)cn2)cc1. The molecule has 2 heterocycles. The molecule has 3 aromatic rings. The van der Waals surface area contributed by atoms with Gasteiger partial charge in [0.2, 0.25) is 0 Å². The molecule has 1 unspecified atom stereocenters. The van der Waals surface area contributed by atoms with Crippen molar-refractivity contribution in [1.82, 2.24) is 15.3 Å². The van der Waals surface area contributed by atoms with Gasteiger partial charge in [-0.1, -0.05) is 12.1 Å². The van der Waals surface area contributed by atoms with Crippen molar-refractivity contribution in [3.63, 3.8) is 0 Å². The Morgan fingerprint density at radius 1 is 1.03 bits per heavy atom. The van der Waals surface area contributed by atoms with Crippen molar-refractivity contribution in [1.29, 1.82) is 0 Å². The first-order chi connectivity index (χ1) is 14.7. The summed E-state index contributed by atoms with van der Waals surface area (Å²) in [6, 6.07) is 14.8. The Morgan fingerprint density at radius 3 is 2.37 bits per heavy atom. The molecule has 30 heavy (non-hydrogen) atoms. The molecule has 1 amide bonds. The quantitative estimate of drug-likeness (QED) is 0.643. The maximum absolute atomic E-state index is 12.3. The summed E-state index contributed by atoms with van der Waals surface area (Å²) < 4.78 is 16.3. The molecule has 1 fully saturated rings.